The fourth-order valence-electron chi connectivity index (χ4n) is 3.31. The number of amides is 1. The molecule has 0 radical (unpaired) electrons. The Hall–Kier alpha value is -1.24. The van der Waals surface area contributed by atoms with E-state index in [4.69, 9.17) is 9.47 Å². The predicted molar refractivity (Wildman–Crippen MR) is 133 cm³/mol. The first-order valence-corrected chi connectivity index (χ1v) is 13.3. The second-order valence-corrected chi connectivity index (χ2v) is 11.5. The van der Waals surface area contributed by atoms with E-state index in [1.165, 1.54) is 32.6 Å². The number of carbonyl (C=O) groups is 3. The minimum atomic E-state index is -0.587. The summed E-state index contributed by atoms with van der Waals surface area (Å²) in [5.41, 5.74) is -0.587. The average Bonchev–Trinajstić information content (AvgIpc) is 2.67. The van der Waals surface area contributed by atoms with Gasteiger partial charge in [0.05, 0.1) is 12.5 Å². The molecule has 0 heterocycles. The topological polar surface area (TPSA) is 81.7 Å². The van der Waals surface area contributed by atoms with Crippen LogP contribution in [0.25, 0.3) is 0 Å². The normalized spacial score (nSPS) is 13.9. The van der Waals surface area contributed by atoms with E-state index < -0.39 is 11.5 Å². The SMILES string of the molecule is CCCCCCCCC[C@H](CC(=O)OC(C)(C)C)C(=O)N[C@@H](COC(C)=O)C(C)(C)SC. The molecule has 7 heteroatoms. The molecule has 0 spiro atoms. The Morgan fingerprint density at radius 2 is 1.50 bits per heavy atom. The lowest BCUT2D eigenvalue weighted by molar-refractivity contribution is -0.157. The molecule has 0 bridgehead atoms. The molecule has 32 heavy (non-hydrogen) atoms. The van der Waals surface area contributed by atoms with E-state index in [1.54, 1.807) is 11.8 Å². The third-order valence-electron chi connectivity index (χ3n) is 5.50. The van der Waals surface area contributed by atoms with Gasteiger partial charge in [-0.1, -0.05) is 51.9 Å². The first-order chi connectivity index (χ1) is 14.8. The Balaban J connectivity index is 5.13. The fraction of sp³-hybridized carbons (Fsp3) is 0.880. The smallest absolute Gasteiger partial charge is 0.307 e. The Morgan fingerprint density at radius 3 is 2.00 bits per heavy atom. The highest BCUT2D eigenvalue weighted by molar-refractivity contribution is 8.00. The van der Waals surface area contributed by atoms with Gasteiger partial charge in [-0.3, -0.25) is 14.4 Å². The number of thioether (sulfide) groups is 1. The van der Waals surface area contributed by atoms with E-state index in [0.717, 1.165) is 19.3 Å². The number of unbranched alkanes of at least 4 members (excludes halogenated alkanes) is 6. The highest BCUT2D eigenvalue weighted by Crippen LogP contribution is 2.27. The minimum absolute atomic E-state index is 0.0545. The van der Waals surface area contributed by atoms with Gasteiger partial charge in [-0.25, -0.2) is 0 Å². The van der Waals surface area contributed by atoms with E-state index >= 15 is 0 Å². The van der Waals surface area contributed by atoms with Gasteiger partial charge in [0.2, 0.25) is 5.91 Å². The lowest BCUT2D eigenvalue weighted by Gasteiger charge is -2.34. The molecule has 0 saturated heterocycles. The molecule has 0 fully saturated rings. The van der Waals surface area contributed by atoms with Gasteiger partial charge in [0.1, 0.15) is 12.2 Å². The van der Waals surface area contributed by atoms with E-state index in [1.807, 2.05) is 40.9 Å². The third-order valence-corrected chi connectivity index (χ3v) is 6.83. The maximum atomic E-state index is 13.2. The summed E-state index contributed by atoms with van der Waals surface area (Å²) >= 11 is 1.60. The Morgan fingerprint density at radius 1 is 0.938 bits per heavy atom. The molecule has 1 N–H and O–H groups in total. The highest BCUT2D eigenvalue weighted by Gasteiger charge is 2.34. The first-order valence-electron chi connectivity index (χ1n) is 12.0. The van der Waals surface area contributed by atoms with Crippen LogP contribution >= 0.6 is 11.8 Å². The summed E-state index contributed by atoms with van der Waals surface area (Å²) in [6.07, 6.45) is 10.7. The molecule has 188 valence electrons. The van der Waals surface area contributed by atoms with Crippen LogP contribution in [-0.4, -0.2) is 47.1 Å². The van der Waals surface area contributed by atoms with Gasteiger partial charge in [-0.05, 0) is 47.3 Å². The van der Waals surface area contributed by atoms with Crippen LogP contribution < -0.4 is 5.32 Å². The van der Waals surface area contributed by atoms with Crippen molar-refractivity contribution < 1.29 is 23.9 Å². The predicted octanol–water partition coefficient (Wildman–Crippen LogP) is 5.66. The zero-order valence-corrected chi connectivity index (χ0v) is 22.5. The van der Waals surface area contributed by atoms with Gasteiger partial charge in [0.25, 0.3) is 0 Å². The van der Waals surface area contributed by atoms with Gasteiger partial charge in [-0.2, -0.15) is 11.8 Å². The van der Waals surface area contributed by atoms with Crippen molar-refractivity contribution in [2.24, 2.45) is 5.92 Å². The number of rotatable bonds is 16. The van der Waals surface area contributed by atoms with Crippen molar-refractivity contribution in [1.29, 1.82) is 0 Å². The van der Waals surface area contributed by atoms with Crippen molar-refractivity contribution in [1.82, 2.24) is 5.32 Å². The maximum absolute atomic E-state index is 13.2. The average molecular weight is 474 g/mol. The van der Waals surface area contributed by atoms with Gasteiger partial charge < -0.3 is 14.8 Å². The minimum Gasteiger partial charge on any atom is -0.464 e. The molecule has 1 amide bonds. The van der Waals surface area contributed by atoms with Gasteiger partial charge in [0.15, 0.2) is 0 Å². The second kappa shape index (κ2) is 15.6. The zero-order chi connectivity index (χ0) is 24.8. The molecule has 0 aliphatic rings. The number of nitrogens with one attached hydrogen (secondary N) is 1. The van der Waals surface area contributed by atoms with Crippen LogP contribution in [0.5, 0.6) is 0 Å². The van der Waals surface area contributed by atoms with Crippen molar-refractivity contribution in [3.05, 3.63) is 0 Å². The molecular weight excluding hydrogens is 426 g/mol. The Labute approximate surface area is 200 Å². The van der Waals surface area contributed by atoms with Crippen molar-refractivity contribution in [2.45, 2.75) is 123 Å². The summed E-state index contributed by atoms with van der Waals surface area (Å²) in [4.78, 5) is 37.0. The number of carbonyl (C=O) groups excluding carboxylic acids is 3. The number of ether oxygens (including phenoxy) is 2. The van der Waals surface area contributed by atoms with Gasteiger partial charge in [0, 0.05) is 17.6 Å². The molecule has 0 aliphatic carbocycles. The summed E-state index contributed by atoms with van der Waals surface area (Å²) < 4.78 is 10.3. The van der Waals surface area contributed by atoms with Crippen LogP contribution in [0.2, 0.25) is 0 Å². The third kappa shape index (κ3) is 14.8. The molecule has 0 rings (SSSR count). The molecule has 0 unspecified atom stereocenters. The summed E-state index contributed by atoms with van der Waals surface area (Å²) in [5, 5.41) is 3.06. The van der Waals surface area contributed by atoms with Crippen molar-refractivity contribution in [2.75, 3.05) is 12.9 Å². The highest BCUT2D eigenvalue weighted by atomic mass is 32.2. The molecule has 2 atom stereocenters. The van der Waals surface area contributed by atoms with Crippen LogP contribution in [0.1, 0.15) is 106 Å². The van der Waals surface area contributed by atoms with Crippen LogP contribution in [0.3, 0.4) is 0 Å². The van der Waals surface area contributed by atoms with Crippen LogP contribution in [0.15, 0.2) is 0 Å². The molecular formula is C25H47NO5S. The maximum Gasteiger partial charge on any atom is 0.307 e. The largest absolute Gasteiger partial charge is 0.464 e. The Kier molecular flexibility index (Phi) is 15.0. The molecule has 6 nitrogen and oxygen atoms in total. The summed E-state index contributed by atoms with van der Waals surface area (Å²) in [7, 11) is 0. The standard InChI is InChI=1S/C25H47NO5S/c1-9-10-11-12-13-14-15-16-20(17-22(28)31-24(3,4)5)23(29)26-21(18-30-19(2)27)25(6,7)32-8/h20-21H,9-18H2,1-8H3,(H,26,29)/t20-,21+/m1/s1. The molecule has 0 aromatic carbocycles. The fourth-order valence-corrected chi connectivity index (χ4v) is 3.72. The molecule has 0 aromatic rings. The zero-order valence-electron chi connectivity index (χ0n) is 21.7. The van der Waals surface area contributed by atoms with E-state index in [2.05, 4.69) is 12.2 Å². The number of hydrogen-bond acceptors (Lipinski definition) is 6. The van der Waals surface area contributed by atoms with E-state index in [9.17, 15) is 14.4 Å². The number of hydrogen-bond donors (Lipinski definition) is 1. The van der Waals surface area contributed by atoms with Crippen LogP contribution in [0.4, 0.5) is 0 Å². The lowest BCUT2D eigenvalue weighted by atomic mass is 9.94. The van der Waals surface area contributed by atoms with Crippen molar-refractivity contribution >= 4 is 29.6 Å². The molecule has 0 saturated carbocycles. The van der Waals surface area contributed by atoms with Gasteiger partial charge >= 0.3 is 11.9 Å². The molecule has 0 aromatic heterocycles. The lowest BCUT2D eigenvalue weighted by Crippen LogP contribution is -2.52. The van der Waals surface area contributed by atoms with E-state index in [-0.39, 0.29) is 41.7 Å². The van der Waals surface area contributed by atoms with Crippen LogP contribution in [0, 0.1) is 5.92 Å². The monoisotopic (exact) mass is 473 g/mol. The van der Waals surface area contributed by atoms with E-state index in [0.29, 0.717) is 6.42 Å². The van der Waals surface area contributed by atoms with Crippen LogP contribution in [-0.2, 0) is 23.9 Å². The first kappa shape index (κ1) is 30.8. The van der Waals surface area contributed by atoms with Crippen molar-refractivity contribution in [3.8, 4) is 0 Å². The summed E-state index contributed by atoms with van der Waals surface area (Å²) in [5.74, 6) is -1.38. The molecule has 0 aliphatic heterocycles. The van der Waals surface area contributed by atoms with Crippen molar-refractivity contribution in [3.63, 3.8) is 0 Å². The number of esters is 2. The Bertz CT molecular complexity index is 571. The second-order valence-electron chi connectivity index (χ2n) is 10.1. The summed E-state index contributed by atoms with van der Waals surface area (Å²) in [6, 6.07) is -0.357. The summed E-state index contributed by atoms with van der Waals surface area (Å²) in [6.45, 7) is 13.1. The quantitative estimate of drug-likeness (QED) is 0.230. The van der Waals surface area contributed by atoms with Gasteiger partial charge in [-0.15, -0.1) is 0 Å².